The Morgan fingerprint density at radius 1 is 1.29 bits per heavy atom. The first kappa shape index (κ1) is 27.8. The normalized spacial score (nSPS) is 30.9. The second kappa shape index (κ2) is 11.9. The van der Waals surface area contributed by atoms with E-state index in [0.717, 1.165) is 24.5 Å². The lowest BCUT2D eigenvalue weighted by Crippen LogP contribution is -2.32. The van der Waals surface area contributed by atoms with E-state index in [4.69, 9.17) is 4.84 Å². The van der Waals surface area contributed by atoms with Gasteiger partial charge in [-0.1, -0.05) is 101 Å². The van der Waals surface area contributed by atoms with Gasteiger partial charge in [-0.05, 0) is 93.0 Å². The molecule has 35 heavy (non-hydrogen) atoms. The van der Waals surface area contributed by atoms with Crippen LogP contribution in [0.15, 0.2) is 64.9 Å². The van der Waals surface area contributed by atoms with E-state index < -0.39 is 0 Å². The average Bonchev–Trinajstić information content (AvgIpc) is 3.15. The van der Waals surface area contributed by atoms with Gasteiger partial charge in [-0.15, -0.1) is 0 Å². The summed E-state index contributed by atoms with van der Waals surface area (Å²) in [5, 5.41) is 4.45. The molecule has 0 amide bonds. The SMILES string of the molecule is C=CCO/N=C(\CCC[C@@H](C)C1=CC[C@H]2/C(=C/C=C3/C[C@@H](C)CCC3=C)CCC[C@]12C)C(C)(C)C. The fourth-order valence-corrected chi connectivity index (χ4v) is 6.67. The fourth-order valence-electron chi connectivity index (χ4n) is 6.67. The highest BCUT2D eigenvalue weighted by molar-refractivity contribution is 5.88. The molecule has 0 heterocycles. The molecule has 0 aromatic rings. The van der Waals surface area contributed by atoms with Crippen LogP contribution in [0.2, 0.25) is 0 Å². The summed E-state index contributed by atoms with van der Waals surface area (Å²) in [7, 11) is 0. The standard InChI is InChI=1S/C33H51NO/c1-9-22-35-34-31(32(5,6)7)14-10-12-26(4)29-19-20-30-27(13-11-21-33(29,30)8)17-18-28-23-24(2)15-16-25(28)3/h9,17-19,24,26,30H,1,3,10-16,20-23H2,2,4-8H3/b27-17+,28-18-,34-31+/t24-,26+,30-,33+/m0/s1. The molecule has 0 saturated heterocycles. The number of rotatable bonds is 9. The van der Waals surface area contributed by atoms with Crippen LogP contribution in [0.25, 0.3) is 0 Å². The molecule has 0 aliphatic heterocycles. The number of hydrogen-bond donors (Lipinski definition) is 0. The van der Waals surface area contributed by atoms with Gasteiger partial charge in [0.1, 0.15) is 6.61 Å². The van der Waals surface area contributed by atoms with Crippen molar-refractivity contribution in [1.29, 1.82) is 0 Å². The Morgan fingerprint density at radius 3 is 2.77 bits per heavy atom. The van der Waals surface area contributed by atoms with Crippen molar-refractivity contribution in [1.82, 2.24) is 0 Å². The van der Waals surface area contributed by atoms with Gasteiger partial charge in [-0.3, -0.25) is 0 Å². The Labute approximate surface area is 216 Å². The van der Waals surface area contributed by atoms with E-state index in [1.54, 1.807) is 17.2 Å². The van der Waals surface area contributed by atoms with Crippen molar-refractivity contribution in [2.75, 3.05) is 6.61 Å². The third-order valence-corrected chi connectivity index (χ3v) is 8.89. The van der Waals surface area contributed by atoms with Crippen molar-refractivity contribution >= 4 is 5.71 Å². The van der Waals surface area contributed by atoms with Gasteiger partial charge < -0.3 is 4.84 Å². The molecule has 0 spiro atoms. The van der Waals surface area contributed by atoms with E-state index in [9.17, 15) is 0 Å². The summed E-state index contributed by atoms with van der Waals surface area (Å²) in [4.78, 5) is 5.45. The van der Waals surface area contributed by atoms with Crippen LogP contribution < -0.4 is 0 Å². The molecule has 2 nitrogen and oxygen atoms in total. The van der Waals surface area contributed by atoms with Gasteiger partial charge in [0.05, 0.1) is 5.71 Å². The molecule has 0 radical (unpaired) electrons. The number of hydrogen-bond acceptors (Lipinski definition) is 2. The van der Waals surface area contributed by atoms with E-state index in [2.05, 4.69) is 78.1 Å². The van der Waals surface area contributed by atoms with E-state index in [1.807, 2.05) is 0 Å². The van der Waals surface area contributed by atoms with Crippen molar-refractivity contribution < 1.29 is 4.84 Å². The Morgan fingerprint density at radius 2 is 2.06 bits per heavy atom. The topological polar surface area (TPSA) is 21.6 Å². The van der Waals surface area contributed by atoms with Gasteiger partial charge in [-0.25, -0.2) is 0 Å². The summed E-state index contributed by atoms with van der Waals surface area (Å²) in [6.07, 6.45) is 21.4. The lowest BCUT2D eigenvalue weighted by Gasteiger charge is -2.42. The third-order valence-electron chi connectivity index (χ3n) is 8.89. The molecule has 2 fully saturated rings. The zero-order valence-electron chi connectivity index (χ0n) is 23.6. The van der Waals surface area contributed by atoms with Crippen molar-refractivity contribution in [3.8, 4) is 0 Å². The van der Waals surface area contributed by atoms with Gasteiger partial charge in [-0.2, -0.15) is 0 Å². The van der Waals surface area contributed by atoms with Gasteiger partial charge in [0.25, 0.3) is 0 Å². The summed E-state index contributed by atoms with van der Waals surface area (Å²) in [6.45, 7) is 22.6. The lowest BCUT2D eigenvalue weighted by atomic mass is 9.62. The molecule has 2 saturated carbocycles. The van der Waals surface area contributed by atoms with Crippen LogP contribution in [0.5, 0.6) is 0 Å². The minimum atomic E-state index is 0.0348. The molecule has 0 aromatic carbocycles. The number of allylic oxidation sites excluding steroid dienone is 7. The van der Waals surface area contributed by atoms with Crippen LogP contribution in [0.4, 0.5) is 0 Å². The summed E-state index contributed by atoms with van der Waals surface area (Å²) in [5.41, 5.74) is 7.78. The molecule has 0 bridgehead atoms. The van der Waals surface area contributed by atoms with E-state index in [-0.39, 0.29) is 5.41 Å². The highest BCUT2D eigenvalue weighted by atomic mass is 16.6. The number of nitrogens with zero attached hydrogens (tertiary/aromatic N) is 1. The first-order valence-corrected chi connectivity index (χ1v) is 14.1. The largest absolute Gasteiger partial charge is 0.392 e. The molecule has 4 atom stereocenters. The third kappa shape index (κ3) is 6.89. The van der Waals surface area contributed by atoms with Crippen LogP contribution in [-0.2, 0) is 4.84 Å². The molecule has 194 valence electrons. The van der Waals surface area contributed by atoms with Crippen LogP contribution >= 0.6 is 0 Å². The molecule has 3 aliphatic carbocycles. The van der Waals surface area contributed by atoms with Crippen molar-refractivity contribution in [2.45, 2.75) is 106 Å². The molecule has 0 N–H and O–H groups in total. The Bertz CT molecular complexity index is 893. The van der Waals surface area contributed by atoms with Gasteiger partial charge in [0.15, 0.2) is 0 Å². The van der Waals surface area contributed by atoms with Gasteiger partial charge in [0.2, 0.25) is 0 Å². The molecular weight excluding hydrogens is 426 g/mol. The van der Waals surface area contributed by atoms with E-state index >= 15 is 0 Å². The van der Waals surface area contributed by atoms with Crippen LogP contribution in [0.1, 0.15) is 106 Å². The highest BCUT2D eigenvalue weighted by Gasteiger charge is 2.45. The highest BCUT2D eigenvalue weighted by Crippen LogP contribution is 2.57. The maximum Gasteiger partial charge on any atom is 0.135 e. The van der Waals surface area contributed by atoms with E-state index in [0.29, 0.717) is 23.9 Å². The van der Waals surface area contributed by atoms with Crippen LogP contribution in [-0.4, -0.2) is 12.3 Å². The van der Waals surface area contributed by atoms with Crippen molar-refractivity contribution in [3.63, 3.8) is 0 Å². The van der Waals surface area contributed by atoms with Crippen molar-refractivity contribution in [3.05, 3.63) is 59.8 Å². The van der Waals surface area contributed by atoms with Crippen LogP contribution in [0.3, 0.4) is 0 Å². The van der Waals surface area contributed by atoms with Crippen LogP contribution in [0, 0.1) is 28.6 Å². The fraction of sp³-hybridized carbons (Fsp3) is 0.667. The molecule has 3 rings (SSSR count). The summed E-state index contributed by atoms with van der Waals surface area (Å²) < 4.78 is 0. The van der Waals surface area contributed by atoms with Crippen molar-refractivity contribution in [2.24, 2.45) is 33.7 Å². The maximum atomic E-state index is 5.45. The maximum absolute atomic E-state index is 5.45. The molecule has 0 unspecified atom stereocenters. The predicted octanol–water partition coefficient (Wildman–Crippen LogP) is 9.76. The minimum absolute atomic E-state index is 0.0348. The molecule has 3 aliphatic rings. The minimum Gasteiger partial charge on any atom is -0.392 e. The van der Waals surface area contributed by atoms with Gasteiger partial charge >= 0.3 is 0 Å². The zero-order chi connectivity index (χ0) is 25.6. The zero-order valence-corrected chi connectivity index (χ0v) is 23.6. The average molecular weight is 478 g/mol. The smallest absolute Gasteiger partial charge is 0.135 e. The van der Waals surface area contributed by atoms with Gasteiger partial charge in [0, 0.05) is 5.41 Å². The lowest BCUT2D eigenvalue weighted by molar-refractivity contribution is 0.170. The first-order valence-electron chi connectivity index (χ1n) is 14.1. The quantitative estimate of drug-likeness (QED) is 0.140. The summed E-state index contributed by atoms with van der Waals surface area (Å²) in [5.74, 6) is 2.09. The monoisotopic (exact) mass is 477 g/mol. The second-order valence-corrected chi connectivity index (χ2v) is 12.8. The molecule has 0 aromatic heterocycles. The van der Waals surface area contributed by atoms with E-state index in [1.165, 1.54) is 62.5 Å². The second-order valence-electron chi connectivity index (χ2n) is 12.8. The Kier molecular flexibility index (Phi) is 9.47. The Hall–Kier alpha value is -1.83. The molecule has 2 heteroatoms. The summed E-state index contributed by atoms with van der Waals surface area (Å²) in [6, 6.07) is 0. The Balaban J connectivity index is 1.64. The first-order chi connectivity index (χ1) is 16.6. The summed E-state index contributed by atoms with van der Waals surface area (Å²) >= 11 is 0. The predicted molar refractivity (Wildman–Crippen MR) is 153 cm³/mol. The number of fused-ring (bicyclic) bond motifs is 1. The number of oxime groups is 1. The molecular formula is C33H51NO.